The van der Waals surface area contributed by atoms with E-state index in [2.05, 4.69) is 27.8 Å². The number of ether oxygens (including phenoxy) is 1. The molecule has 28 heavy (non-hydrogen) atoms. The quantitative estimate of drug-likeness (QED) is 0.550. The Balaban J connectivity index is 1.52. The zero-order valence-corrected chi connectivity index (χ0v) is 16.9. The average molecular weight is 402 g/mol. The van der Waals surface area contributed by atoms with Crippen molar-refractivity contribution in [1.29, 1.82) is 0 Å². The van der Waals surface area contributed by atoms with Crippen LogP contribution in [0.25, 0.3) is 0 Å². The van der Waals surface area contributed by atoms with Gasteiger partial charge in [-0.25, -0.2) is 8.42 Å². The number of guanidine groups is 1. The number of rotatable bonds is 7. The number of hydrogen-bond donors (Lipinski definition) is 2. The highest BCUT2D eigenvalue weighted by atomic mass is 32.2. The van der Waals surface area contributed by atoms with Crippen LogP contribution in [0.4, 0.5) is 0 Å². The Kier molecular flexibility index (Phi) is 7.06. The maximum Gasteiger partial charge on any atom is 0.191 e. The van der Waals surface area contributed by atoms with Crippen LogP contribution in [-0.2, 0) is 34.3 Å². The largest absolute Gasteiger partial charge is 0.372 e. The molecule has 3 rings (SSSR count). The van der Waals surface area contributed by atoms with E-state index in [-0.39, 0.29) is 17.5 Å². The van der Waals surface area contributed by atoms with E-state index in [0.29, 0.717) is 32.1 Å². The van der Waals surface area contributed by atoms with Gasteiger partial charge in [-0.2, -0.15) is 0 Å². The monoisotopic (exact) mass is 401 g/mol. The molecule has 1 saturated heterocycles. The zero-order valence-electron chi connectivity index (χ0n) is 16.1. The summed E-state index contributed by atoms with van der Waals surface area (Å²) < 4.78 is 29.1. The van der Waals surface area contributed by atoms with Crippen LogP contribution in [0.5, 0.6) is 0 Å². The minimum Gasteiger partial charge on any atom is -0.372 e. The Morgan fingerprint density at radius 3 is 2.46 bits per heavy atom. The lowest BCUT2D eigenvalue weighted by Gasteiger charge is -2.17. The van der Waals surface area contributed by atoms with Crippen LogP contribution in [0.15, 0.2) is 59.6 Å². The predicted octanol–water partition coefficient (Wildman–Crippen LogP) is 2.26. The molecule has 0 bridgehead atoms. The van der Waals surface area contributed by atoms with Gasteiger partial charge < -0.3 is 15.4 Å². The van der Waals surface area contributed by atoms with E-state index < -0.39 is 9.84 Å². The van der Waals surface area contributed by atoms with Crippen molar-refractivity contribution in [1.82, 2.24) is 10.6 Å². The molecule has 2 N–H and O–H groups in total. The van der Waals surface area contributed by atoms with Crippen molar-refractivity contribution in [2.45, 2.75) is 32.2 Å². The molecule has 1 fully saturated rings. The molecular formula is C21H27N3O3S. The smallest absolute Gasteiger partial charge is 0.191 e. The molecular weight excluding hydrogens is 374 g/mol. The third-order valence-electron chi connectivity index (χ3n) is 4.73. The van der Waals surface area contributed by atoms with Gasteiger partial charge in [-0.15, -0.1) is 0 Å². The summed E-state index contributed by atoms with van der Waals surface area (Å²) in [7, 11) is -1.23. The second-order valence-corrected chi connectivity index (χ2v) is 9.15. The van der Waals surface area contributed by atoms with Crippen LogP contribution in [-0.4, -0.2) is 39.0 Å². The van der Waals surface area contributed by atoms with E-state index in [9.17, 15) is 8.42 Å². The standard InChI is InChI=1S/C21H27N3O3S/c1-22-21(24-20-11-12-28(25,26)16-20)23-13-18-9-5-6-10-19(18)15-27-14-17-7-3-2-4-8-17/h2-10,20H,11-16H2,1H3,(H2,22,23,24). The summed E-state index contributed by atoms with van der Waals surface area (Å²) in [4.78, 5) is 4.21. The SMILES string of the molecule is CN=C(NCc1ccccc1COCc1ccccc1)NC1CCS(=O)(=O)C1. The molecule has 2 aromatic carbocycles. The van der Waals surface area contributed by atoms with Crippen molar-refractivity contribution in [3.63, 3.8) is 0 Å². The third-order valence-corrected chi connectivity index (χ3v) is 6.50. The molecule has 0 radical (unpaired) electrons. The molecule has 2 aromatic rings. The van der Waals surface area contributed by atoms with Crippen molar-refractivity contribution in [2.75, 3.05) is 18.6 Å². The highest BCUT2D eigenvalue weighted by Crippen LogP contribution is 2.13. The number of sulfone groups is 1. The first-order valence-corrected chi connectivity index (χ1v) is 11.2. The Hall–Kier alpha value is -2.38. The second kappa shape index (κ2) is 9.71. The molecule has 0 spiro atoms. The van der Waals surface area contributed by atoms with Crippen molar-refractivity contribution >= 4 is 15.8 Å². The van der Waals surface area contributed by atoms with Crippen molar-refractivity contribution in [2.24, 2.45) is 4.99 Å². The summed E-state index contributed by atoms with van der Waals surface area (Å²) in [5.74, 6) is 1.02. The minimum atomic E-state index is -2.92. The molecule has 0 aromatic heterocycles. The van der Waals surface area contributed by atoms with Gasteiger partial charge in [0, 0.05) is 19.6 Å². The second-order valence-electron chi connectivity index (χ2n) is 6.92. The van der Waals surface area contributed by atoms with Gasteiger partial charge >= 0.3 is 0 Å². The maximum absolute atomic E-state index is 11.6. The first-order valence-electron chi connectivity index (χ1n) is 9.42. The van der Waals surface area contributed by atoms with E-state index >= 15 is 0 Å². The normalized spacial score (nSPS) is 18.8. The first kappa shape index (κ1) is 20.4. The van der Waals surface area contributed by atoms with E-state index in [1.807, 2.05) is 42.5 Å². The van der Waals surface area contributed by atoms with Gasteiger partial charge in [0.25, 0.3) is 0 Å². The van der Waals surface area contributed by atoms with E-state index in [1.165, 1.54) is 0 Å². The van der Waals surface area contributed by atoms with Crippen LogP contribution >= 0.6 is 0 Å². The Morgan fingerprint density at radius 1 is 1.07 bits per heavy atom. The molecule has 1 aliphatic rings. The average Bonchev–Trinajstić information content (AvgIpc) is 3.05. The van der Waals surface area contributed by atoms with Gasteiger partial charge in [0.1, 0.15) is 0 Å². The fourth-order valence-corrected chi connectivity index (χ4v) is 4.87. The molecule has 0 aliphatic carbocycles. The number of nitrogens with zero attached hydrogens (tertiary/aromatic N) is 1. The Bertz CT molecular complexity index is 898. The Labute approximate surface area is 167 Å². The van der Waals surface area contributed by atoms with Crippen LogP contribution in [0.3, 0.4) is 0 Å². The summed E-state index contributed by atoms with van der Waals surface area (Å²) in [6.07, 6.45) is 0.618. The van der Waals surface area contributed by atoms with Crippen LogP contribution in [0, 0.1) is 0 Å². The number of benzene rings is 2. The van der Waals surface area contributed by atoms with Crippen molar-refractivity contribution in [3.8, 4) is 0 Å². The summed E-state index contributed by atoms with van der Waals surface area (Å²) in [6.45, 7) is 1.69. The van der Waals surface area contributed by atoms with Gasteiger partial charge in [0.05, 0.1) is 24.7 Å². The third kappa shape index (κ3) is 6.07. The molecule has 0 amide bonds. The van der Waals surface area contributed by atoms with Gasteiger partial charge in [0.15, 0.2) is 15.8 Å². The van der Waals surface area contributed by atoms with Crippen LogP contribution in [0.2, 0.25) is 0 Å². The molecule has 6 nitrogen and oxygen atoms in total. The Morgan fingerprint density at radius 2 is 1.79 bits per heavy atom. The fourth-order valence-electron chi connectivity index (χ4n) is 3.20. The van der Waals surface area contributed by atoms with Gasteiger partial charge in [0.2, 0.25) is 0 Å². The van der Waals surface area contributed by atoms with E-state index in [0.717, 1.165) is 16.7 Å². The lowest BCUT2D eigenvalue weighted by Crippen LogP contribution is -2.43. The number of nitrogens with one attached hydrogen (secondary N) is 2. The summed E-state index contributed by atoms with van der Waals surface area (Å²) in [5.41, 5.74) is 3.39. The molecule has 0 saturated carbocycles. The van der Waals surface area contributed by atoms with E-state index in [1.54, 1.807) is 7.05 Å². The summed E-state index contributed by atoms with van der Waals surface area (Å²) >= 11 is 0. The molecule has 1 atom stereocenters. The molecule has 1 heterocycles. The maximum atomic E-state index is 11.6. The number of hydrogen-bond acceptors (Lipinski definition) is 4. The number of aliphatic imine (C=N–C) groups is 1. The fraction of sp³-hybridized carbons (Fsp3) is 0.381. The molecule has 1 aliphatic heterocycles. The van der Waals surface area contributed by atoms with E-state index in [4.69, 9.17) is 4.74 Å². The zero-order chi connectivity index (χ0) is 19.8. The topological polar surface area (TPSA) is 79.8 Å². The molecule has 7 heteroatoms. The van der Waals surface area contributed by atoms with Crippen LogP contribution in [0.1, 0.15) is 23.1 Å². The van der Waals surface area contributed by atoms with Gasteiger partial charge in [-0.3, -0.25) is 4.99 Å². The van der Waals surface area contributed by atoms with Gasteiger partial charge in [-0.1, -0.05) is 54.6 Å². The van der Waals surface area contributed by atoms with Crippen molar-refractivity contribution in [3.05, 3.63) is 71.3 Å². The van der Waals surface area contributed by atoms with Crippen LogP contribution < -0.4 is 10.6 Å². The molecule has 1 unspecified atom stereocenters. The highest BCUT2D eigenvalue weighted by molar-refractivity contribution is 7.91. The predicted molar refractivity (Wildman–Crippen MR) is 112 cm³/mol. The van der Waals surface area contributed by atoms with Gasteiger partial charge in [-0.05, 0) is 23.1 Å². The molecule has 150 valence electrons. The highest BCUT2D eigenvalue weighted by Gasteiger charge is 2.28. The summed E-state index contributed by atoms with van der Waals surface area (Å²) in [6, 6.07) is 18.1. The lowest BCUT2D eigenvalue weighted by molar-refractivity contribution is 0.106. The minimum absolute atomic E-state index is 0.0827. The first-order chi connectivity index (χ1) is 13.6. The lowest BCUT2D eigenvalue weighted by atomic mass is 10.1. The summed E-state index contributed by atoms with van der Waals surface area (Å²) in [5, 5.41) is 6.48. The van der Waals surface area contributed by atoms with Crippen molar-refractivity contribution < 1.29 is 13.2 Å².